The summed E-state index contributed by atoms with van der Waals surface area (Å²) in [5, 5.41) is 14.6. The van der Waals surface area contributed by atoms with Crippen LogP contribution in [0.3, 0.4) is 0 Å². The zero-order valence-corrected chi connectivity index (χ0v) is 7.98. The van der Waals surface area contributed by atoms with E-state index in [1.165, 1.54) is 17.9 Å². The molecule has 7 nitrogen and oxygen atoms in total. The third-order valence-corrected chi connectivity index (χ3v) is 2.16. The second-order valence-electron chi connectivity index (χ2n) is 3.11. The molecule has 1 aromatic rings. The molecule has 1 aliphatic rings. The van der Waals surface area contributed by atoms with E-state index in [4.69, 9.17) is 0 Å². The van der Waals surface area contributed by atoms with Crippen LogP contribution in [0.25, 0.3) is 0 Å². The number of fused-ring (bicyclic) bond motifs is 1. The fourth-order valence-corrected chi connectivity index (χ4v) is 1.42. The molecule has 1 aromatic heterocycles. The number of aliphatic hydroxyl groups excluding tert-OH is 1. The number of hydrogen-bond acceptors (Lipinski definition) is 4. The number of methoxy groups -OCH3 is 1. The number of carbonyl (C=O) groups is 2. The molecule has 0 saturated heterocycles. The zero-order valence-electron chi connectivity index (χ0n) is 7.98. The van der Waals surface area contributed by atoms with Gasteiger partial charge < -0.3 is 15.2 Å². The molecule has 0 aromatic carbocycles. The quantitative estimate of drug-likeness (QED) is 0.383. The summed E-state index contributed by atoms with van der Waals surface area (Å²) in [7, 11) is 1.24. The minimum Gasteiger partial charge on any atom is -0.464 e. The van der Waals surface area contributed by atoms with Gasteiger partial charge in [-0.2, -0.15) is 5.10 Å². The van der Waals surface area contributed by atoms with E-state index in [9.17, 15) is 14.7 Å². The Balaban J connectivity index is 2.45. The van der Waals surface area contributed by atoms with Crippen LogP contribution in [-0.2, 0) is 4.74 Å². The average molecular weight is 212 g/mol. The highest BCUT2D eigenvalue weighted by Gasteiger charge is 2.35. The van der Waals surface area contributed by atoms with Crippen molar-refractivity contribution in [3.8, 4) is 0 Å². The number of amides is 1. The van der Waals surface area contributed by atoms with Crippen molar-refractivity contribution in [2.75, 3.05) is 13.7 Å². The Morgan fingerprint density at radius 2 is 2.47 bits per heavy atom. The van der Waals surface area contributed by atoms with Crippen molar-refractivity contribution in [2.24, 2.45) is 0 Å². The lowest BCUT2D eigenvalue weighted by Crippen LogP contribution is -2.56. The van der Waals surface area contributed by atoms with Gasteiger partial charge in [-0.3, -0.25) is 4.79 Å². The summed E-state index contributed by atoms with van der Waals surface area (Å²) in [6.07, 6.45) is -0.892. The van der Waals surface area contributed by atoms with E-state index in [2.05, 4.69) is 15.2 Å². The number of ether oxygens (including phenoxy) is 1. The van der Waals surface area contributed by atoms with Crippen LogP contribution < -0.4 is 10.00 Å². The lowest BCUT2D eigenvalue weighted by Gasteiger charge is -2.10. The van der Waals surface area contributed by atoms with Crippen LogP contribution >= 0.6 is 0 Å². The predicted octanol–water partition coefficient (Wildman–Crippen LogP) is -1.68. The minimum atomic E-state index is -0.892. The summed E-state index contributed by atoms with van der Waals surface area (Å²) in [5.74, 6) is -0.927. The van der Waals surface area contributed by atoms with Crippen molar-refractivity contribution < 1.29 is 24.1 Å². The topological polar surface area (TPSA) is 95.3 Å². The highest BCUT2D eigenvalue weighted by molar-refractivity contribution is 5.94. The molecule has 80 valence electrons. The van der Waals surface area contributed by atoms with E-state index >= 15 is 0 Å². The lowest BCUT2D eigenvalue weighted by molar-refractivity contribution is -0.808. The van der Waals surface area contributed by atoms with Crippen molar-refractivity contribution in [1.82, 2.24) is 10.4 Å². The van der Waals surface area contributed by atoms with E-state index in [1.807, 2.05) is 0 Å². The van der Waals surface area contributed by atoms with E-state index in [0.717, 1.165) is 0 Å². The molecule has 2 rings (SSSR count). The van der Waals surface area contributed by atoms with Gasteiger partial charge in [-0.25, -0.2) is 4.79 Å². The summed E-state index contributed by atoms with van der Waals surface area (Å²) in [4.78, 5) is 22.5. The number of esters is 1. The third kappa shape index (κ3) is 1.46. The van der Waals surface area contributed by atoms with Crippen LogP contribution in [0.1, 0.15) is 27.2 Å². The second-order valence-corrected chi connectivity index (χ2v) is 3.11. The molecular formula is C8H10N3O4+. The first-order chi connectivity index (χ1) is 7.13. The number of rotatable bonds is 1. The van der Waals surface area contributed by atoms with Gasteiger partial charge in [0.25, 0.3) is 5.69 Å². The van der Waals surface area contributed by atoms with Gasteiger partial charge in [0.2, 0.25) is 0 Å². The van der Waals surface area contributed by atoms with Crippen molar-refractivity contribution >= 4 is 11.9 Å². The van der Waals surface area contributed by atoms with Crippen LogP contribution in [0.2, 0.25) is 0 Å². The molecule has 1 amide bonds. The zero-order chi connectivity index (χ0) is 11.0. The van der Waals surface area contributed by atoms with E-state index in [1.54, 1.807) is 0 Å². The maximum Gasteiger partial charge on any atom is 0.360 e. The summed E-state index contributed by atoms with van der Waals surface area (Å²) < 4.78 is 5.71. The van der Waals surface area contributed by atoms with Crippen molar-refractivity contribution in [2.45, 2.75) is 6.23 Å². The predicted molar refractivity (Wildman–Crippen MR) is 45.9 cm³/mol. The first kappa shape index (κ1) is 9.66. The highest BCUT2D eigenvalue weighted by Crippen LogP contribution is 2.06. The second kappa shape index (κ2) is 3.35. The molecule has 15 heavy (non-hydrogen) atoms. The van der Waals surface area contributed by atoms with Crippen molar-refractivity contribution in [3.05, 3.63) is 17.5 Å². The largest absolute Gasteiger partial charge is 0.464 e. The Kier molecular flexibility index (Phi) is 2.16. The summed E-state index contributed by atoms with van der Waals surface area (Å²) >= 11 is 0. The molecule has 1 aliphatic heterocycles. The molecular weight excluding hydrogens is 202 g/mol. The fourth-order valence-electron chi connectivity index (χ4n) is 1.42. The number of hydrogen-bond donors (Lipinski definition) is 3. The maximum atomic E-state index is 11.3. The van der Waals surface area contributed by atoms with Gasteiger partial charge in [-0.1, -0.05) is 4.68 Å². The first-order valence-corrected chi connectivity index (χ1v) is 4.32. The monoisotopic (exact) mass is 212 g/mol. The number of aromatic amines is 1. The number of aliphatic hydroxyl groups is 1. The number of nitrogens with one attached hydrogen (secondary N) is 2. The van der Waals surface area contributed by atoms with Crippen LogP contribution in [0, 0.1) is 0 Å². The van der Waals surface area contributed by atoms with E-state index < -0.39 is 12.2 Å². The molecule has 0 saturated carbocycles. The third-order valence-electron chi connectivity index (χ3n) is 2.16. The Labute approximate surface area is 84.6 Å². The molecule has 3 N–H and O–H groups in total. The smallest absolute Gasteiger partial charge is 0.360 e. The van der Waals surface area contributed by atoms with Crippen LogP contribution in [-0.4, -0.2) is 35.7 Å². The van der Waals surface area contributed by atoms with Gasteiger partial charge >= 0.3 is 18.1 Å². The number of H-pyrrole nitrogens is 1. The van der Waals surface area contributed by atoms with Gasteiger partial charge in [0, 0.05) is 0 Å². The van der Waals surface area contributed by atoms with E-state index in [-0.39, 0.29) is 23.8 Å². The molecule has 1 unspecified atom stereocenters. The fraction of sp³-hybridized carbons (Fsp3) is 0.375. The van der Waals surface area contributed by atoms with Crippen LogP contribution in [0.4, 0.5) is 0 Å². The Hall–Kier alpha value is -1.89. The Morgan fingerprint density at radius 3 is 3.07 bits per heavy atom. The number of nitrogens with zero attached hydrogens (tertiary/aromatic N) is 1. The van der Waals surface area contributed by atoms with Gasteiger partial charge in [-0.05, 0) is 0 Å². The summed E-state index contributed by atoms with van der Waals surface area (Å²) in [5.41, 5.74) is 0.331. The Morgan fingerprint density at radius 1 is 1.73 bits per heavy atom. The molecule has 0 fully saturated rings. The standard InChI is InChI=1S/C8H9N3O4/c1-15-8(14)4-2-5-7(13)9-3-6(12)11(5)10-4/h2,6,12H,3H2,1H3,(H,9,13)/p+1. The van der Waals surface area contributed by atoms with Crippen LogP contribution in [0.15, 0.2) is 6.07 Å². The maximum absolute atomic E-state index is 11.3. The normalized spacial score (nSPS) is 19.3. The lowest BCUT2D eigenvalue weighted by atomic mass is 10.3. The molecule has 0 aliphatic carbocycles. The summed E-state index contributed by atoms with van der Waals surface area (Å²) in [6, 6.07) is 1.34. The molecule has 1 atom stereocenters. The van der Waals surface area contributed by atoms with Crippen LogP contribution in [0.5, 0.6) is 0 Å². The van der Waals surface area contributed by atoms with Gasteiger partial charge in [-0.15, -0.1) is 0 Å². The van der Waals surface area contributed by atoms with Gasteiger partial charge in [0.05, 0.1) is 13.2 Å². The number of β-amino-alcohol motifs (C(OH)–C–C–N with tert-alkyl or cyclic N) is 1. The van der Waals surface area contributed by atoms with Crippen molar-refractivity contribution in [3.63, 3.8) is 0 Å². The molecule has 0 bridgehead atoms. The first-order valence-electron chi connectivity index (χ1n) is 4.32. The Bertz CT molecular complexity index is 426. The molecule has 7 heteroatoms. The number of carbonyl (C=O) groups excluding carboxylic acids is 2. The summed E-state index contributed by atoms with van der Waals surface area (Å²) in [6.45, 7) is 0.109. The minimum absolute atomic E-state index is 0.109. The molecule has 0 spiro atoms. The van der Waals surface area contributed by atoms with Crippen molar-refractivity contribution in [1.29, 1.82) is 0 Å². The molecule has 0 radical (unpaired) electrons. The highest BCUT2D eigenvalue weighted by atomic mass is 16.5. The van der Waals surface area contributed by atoms with E-state index in [0.29, 0.717) is 0 Å². The SMILES string of the molecule is COC(=O)c1cc2[n+]([nH]1)C(O)CNC2=O. The average Bonchev–Trinajstić information content (AvgIpc) is 2.68. The number of aromatic nitrogens is 2. The van der Waals surface area contributed by atoms with Gasteiger partial charge in [0.15, 0.2) is 5.69 Å². The molecule has 2 heterocycles. The van der Waals surface area contributed by atoms with Gasteiger partial charge in [0.1, 0.15) is 6.54 Å².